The van der Waals surface area contributed by atoms with Crippen molar-refractivity contribution >= 4 is 23.8 Å². The van der Waals surface area contributed by atoms with E-state index in [9.17, 15) is 19.2 Å². The zero-order valence-corrected chi connectivity index (χ0v) is 12.8. The van der Waals surface area contributed by atoms with Crippen LogP contribution in [-0.2, 0) is 30.5 Å². The molecule has 124 valence electrons. The number of benzene rings is 1. The summed E-state index contributed by atoms with van der Waals surface area (Å²) >= 11 is 0. The minimum absolute atomic E-state index is 0.0620. The van der Waals surface area contributed by atoms with Crippen molar-refractivity contribution in [3.63, 3.8) is 0 Å². The third kappa shape index (κ3) is 6.60. The van der Waals surface area contributed by atoms with Crippen molar-refractivity contribution in [2.24, 2.45) is 0 Å². The molecule has 0 saturated heterocycles. The van der Waals surface area contributed by atoms with E-state index < -0.39 is 36.3 Å². The molecule has 0 spiro atoms. The summed E-state index contributed by atoms with van der Waals surface area (Å²) in [5.41, 5.74) is 0.800. The molecular weight excluding hydrogens is 304 g/mol. The summed E-state index contributed by atoms with van der Waals surface area (Å²) in [4.78, 5) is 45.6. The van der Waals surface area contributed by atoms with E-state index >= 15 is 0 Å². The molecule has 2 N–H and O–H groups in total. The Morgan fingerprint density at radius 1 is 1.13 bits per heavy atom. The van der Waals surface area contributed by atoms with Crippen molar-refractivity contribution in [3.05, 3.63) is 35.9 Å². The molecule has 8 nitrogen and oxygen atoms in total. The Balaban J connectivity index is 2.35. The highest BCUT2D eigenvalue weighted by Gasteiger charge is 2.26. The van der Waals surface area contributed by atoms with Gasteiger partial charge in [-0.05, 0) is 12.5 Å². The summed E-state index contributed by atoms with van der Waals surface area (Å²) in [5.74, 6) is -2.17. The maximum Gasteiger partial charge on any atom is 0.407 e. The molecule has 0 saturated carbocycles. The number of esters is 1. The van der Waals surface area contributed by atoms with Crippen molar-refractivity contribution in [1.82, 2.24) is 10.6 Å². The maximum absolute atomic E-state index is 11.6. The average Bonchev–Trinajstić information content (AvgIpc) is 2.55. The van der Waals surface area contributed by atoms with Gasteiger partial charge >= 0.3 is 12.1 Å². The molecule has 1 aromatic carbocycles. The van der Waals surface area contributed by atoms with Crippen molar-refractivity contribution in [3.8, 4) is 0 Å². The molecule has 0 heterocycles. The first-order valence-corrected chi connectivity index (χ1v) is 6.76. The standard InChI is InChI=1S/C15H18N2O6/c1-10(18)13(14(20)22-2)17-12(19)8-16-15(21)23-9-11-6-4-3-5-7-11/h3-7,13H,8-9H2,1-2H3,(H,16,21)(H,17,19). The summed E-state index contributed by atoms with van der Waals surface area (Å²) in [5, 5.41) is 4.38. The van der Waals surface area contributed by atoms with Gasteiger partial charge in [0.1, 0.15) is 13.2 Å². The maximum atomic E-state index is 11.6. The van der Waals surface area contributed by atoms with Crippen LogP contribution >= 0.6 is 0 Å². The minimum atomic E-state index is -1.39. The van der Waals surface area contributed by atoms with Gasteiger partial charge in [-0.2, -0.15) is 0 Å². The Labute approximate surface area is 133 Å². The fraction of sp³-hybridized carbons (Fsp3) is 0.333. The van der Waals surface area contributed by atoms with E-state index in [2.05, 4.69) is 15.4 Å². The molecule has 0 aromatic heterocycles. The molecule has 1 aromatic rings. The molecule has 0 fully saturated rings. The minimum Gasteiger partial charge on any atom is -0.467 e. The second kappa shape index (κ2) is 9.19. The van der Waals surface area contributed by atoms with E-state index in [-0.39, 0.29) is 6.61 Å². The topological polar surface area (TPSA) is 111 Å². The normalized spacial score (nSPS) is 11.0. The third-order valence-corrected chi connectivity index (χ3v) is 2.75. The number of nitrogens with one attached hydrogen (secondary N) is 2. The van der Waals surface area contributed by atoms with Crippen LogP contribution in [0.25, 0.3) is 0 Å². The first-order valence-electron chi connectivity index (χ1n) is 6.76. The average molecular weight is 322 g/mol. The fourth-order valence-electron chi connectivity index (χ4n) is 1.58. The first-order chi connectivity index (χ1) is 10.9. The van der Waals surface area contributed by atoms with E-state index in [1.165, 1.54) is 0 Å². The number of Topliss-reactive ketones (excluding diaryl/α,β-unsaturated/α-hetero) is 1. The number of ether oxygens (including phenoxy) is 2. The van der Waals surface area contributed by atoms with E-state index in [0.29, 0.717) is 0 Å². The summed E-state index contributed by atoms with van der Waals surface area (Å²) in [6.45, 7) is 0.768. The molecule has 0 aliphatic carbocycles. The molecule has 0 bridgehead atoms. The van der Waals surface area contributed by atoms with Crippen LogP contribution in [0.4, 0.5) is 4.79 Å². The monoisotopic (exact) mass is 322 g/mol. The number of carbonyl (C=O) groups is 4. The van der Waals surface area contributed by atoms with Gasteiger partial charge in [0, 0.05) is 0 Å². The van der Waals surface area contributed by atoms with Gasteiger partial charge < -0.3 is 20.1 Å². The van der Waals surface area contributed by atoms with Crippen LogP contribution in [0.5, 0.6) is 0 Å². The van der Waals surface area contributed by atoms with Crippen molar-refractivity contribution < 1.29 is 28.7 Å². The Hall–Kier alpha value is -2.90. The van der Waals surface area contributed by atoms with Crippen molar-refractivity contribution in [1.29, 1.82) is 0 Å². The molecule has 23 heavy (non-hydrogen) atoms. The molecule has 0 aliphatic rings. The molecule has 8 heteroatoms. The summed E-state index contributed by atoms with van der Waals surface area (Å²) < 4.78 is 9.31. The number of rotatable bonds is 7. The number of hydrogen-bond donors (Lipinski definition) is 2. The summed E-state index contributed by atoms with van der Waals surface area (Å²) in [6.07, 6.45) is -0.790. The molecule has 0 radical (unpaired) electrons. The second-order valence-corrected chi connectivity index (χ2v) is 4.55. The van der Waals surface area contributed by atoms with Crippen LogP contribution < -0.4 is 10.6 Å². The Morgan fingerprint density at radius 2 is 1.78 bits per heavy atom. The summed E-state index contributed by atoms with van der Waals surface area (Å²) in [7, 11) is 1.10. The number of hydrogen-bond acceptors (Lipinski definition) is 6. The molecule has 0 aliphatic heterocycles. The van der Waals surface area contributed by atoms with Gasteiger partial charge in [-0.3, -0.25) is 9.59 Å². The Bertz CT molecular complexity index is 573. The number of carbonyl (C=O) groups excluding carboxylic acids is 4. The van der Waals surface area contributed by atoms with Gasteiger partial charge in [0.15, 0.2) is 11.8 Å². The van der Waals surface area contributed by atoms with Crippen molar-refractivity contribution in [2.75, 3.05) is 13.7 Å². The summed E-state index contributed by atoms with van der Waals surface area (Å²) in [6, 6.07) is 7.62. The number of methoxy groups -OCH3 is 1. The van der Waals surface area contributed by atoms with Gasteiger partial charge in [-0.25, -0.2) is 9.59 Å². The Morgan fingerprint density at radius 3 is 2.35 bits per heavy atom. The lowest BCUT2D eigenvalue weighted by Gasteiger charge is -2.13. The highest BCUT2D eigenvalue weighted by atomic mass is 16.5. The molecular formula is C15H18N2O6. The number of ketones is 1. The van der Waals surface area contributed by atoms with Gasteiger partial charge in [0.25, 0.3) is 0 Å². The van der Waals surface area contributed by atoms with Crippen LogP contribution in [-0.4, -0.2) is 43.4 Å². The van der Waals surface area contributed by atoms with Crippen LogP contribution in [0.3, 0.4) is 0 Å². The lowest BCUT2D eigenvalue weighted by molar-refractivity contribution is -0.148. The van der Waals surface area contributed by atoms with Crippen molar-refractivity contribution in [2.45, 2.75) is 19.6 Å². The molecule has 1 unspecified atom stereocenters. The smallest absolute Gasteiger partial charge is 0.407 e. The zero-order chi connectivity index (χ0) is 17.2. The SMILES string of the molecule is COC(=O)C(NC(=O)CNC(=O)OCc1ccccc1)C(C)=O. The molecule has 2 amide bonds. The van der Waals surface area contributed by atoms with Crippen LogP contribution in [0.15, 0.2) is 30.3 Å². The highest BCUT2D eigenvalue weighted by Crippen LogP contribution is 2.00. The van der Waals surface area contributed by atoms with Gasteiger partial charge in [0.05, 0.1) is 7.11 Å². The lowest BCUT2D eigenvalue weighted by atomic mass is 10.2. The highest BCUT2D eigenvalue weighted by molar-refractivity contribution is 6.05. The number of amides is 2. The third-order valence-electron chi connectivity index (χ3n) is 2.75. The van der Waals surface area contributed by atoms with E-state index in [1.807, 2.05) is 6.07 Å². The zero-order valence-electron chi connectivity index (χ0n) is 12.8. The quantitative estimate of drug-likeness (QED) is 0.546. The lowest BCUT2D eigenvalue weighted by Crippen LogP contribution is -2.49. The second-order valence-electron chi connectivity index (χ2n) is 4.55. The van der Waals surface area contributed by atoms with Crippen LogP contribution in [0.1, 0.15) is 12.5 Å². The van der Waals surface area contributed by atoms with E-state index in [4.69, 9.17) is 4.74 Å². The first kappa shape index (κ1) is 18.1. The predicted octanol–water partition coefficient (Wildman–Crippen LogP) is 0.160. The largest absolute Gasteiger partial charge is 0.467 e. The fourth-order valence-corrected chi connectivity index (χ4v) is 1.58. The van der Waals surface area contributed by atoms with Gasteiger partial charge in [-0.15, -0.1) is 0 Å². The van der Waals surface area contributed by atoms with Crippen LogP contribution in [0, 0.1) is 0 Å². The Kier molecular flexibility index (Phi) is 7.25. The van der Waals surface area contributed by atoms with E-state index in [0.717, 1.165) is 19.6 Å². The van der Waals surface area contributed by atoms with Crippen LogP contribution in [0.2, 0.25) is 0 Å². The van der Waals surface area contributed by atoms with Gasteiger partial charge in [-0.1, -0.05) is 30.3 Å². The van der Waals surface area contributed by atoms with Gasteiger partial charge in [0.2, 0.25) is 5.91 Å². The molecule has 1 atom stereocenters. The molecule has 1 rings (SSSR count). The number of alkyl carbamates (subject to hydrolysis) is 1. The van der Waals surface area contributed by atoms with E-state index in [1.54, 1.807) is 24.3 Å². The predicted molar refractivity (Wildman–Crippen MR) is 79.3 cm³/mol.